The quantitative estimate of drug-likeness (QED) is 0.901. The van der Waals surface area contributed by atoms with E-state index >= 15 is 0 Å². The summed E-state index contributed by atoms with van der Waals surface area (Å²) in [6, 6.07) is 7.31. The van der Waals surface area contributed by atoms with Gasteiger partial charge in [0.15, 0.2) is 5.82 Å². The number of pyridine rings is 1. The predicted molar refractivity (Wildman–Crippen MR) is 79.0 cm³/mol. The lowest BCUT2D eigenvalue weighted by Gasteiger charge is -2.29. The van der Waals surface area contributed by atoms with Gasteiger partial charge in [0.1, 0.15) is 5.69 Å². The molecule has 2 aromatic rings. The second kappa shape index (κ2) is 5.77. The molecule has 0 bridgehead atoms. The Morgan fingerprint density at radius 1 is 1.20 bits per heavy atom. The first-order valence-electron chi connectivity index (χ1n) is 6.99. The molecule has 1 aliphatic rings. The molecule has 3 rings (SSSR count). The summed E-state index contributed by atoms with van der Waals surface area (Å²) in [5.41, 5.74) is 1.33. The van der Waals surface area contributed by atoms with E-state index in [1.165, 1.54) is 19.3 Å². The average molecular weight is 270 g/mol. The summed E-state index contributed by atoms with van der Waals surface area (Å²) < 4.78 is 0. The van der Waals surface area contributed by atoms with Gasteiger partial charge in [-0.2, -0.15) is 0 Å². The van der Waals surface area contributed by atoms with Gasteiger partial charge in [0.25, 0.3) is 5.91 Å². The number of nitrogens with zero attached hydrogens (tertiary/aromatic N) is 2. The van der Waals surface area contributed by atoms with Crippen molar-refractivity contribution in [1.82, 2.24) is 9.97 Å². The first-order valence-corrected chi connectivity index (χ1v) is 6.99. The zero-order chi connectivity index (χ0) is 13.8. The van der Waals surface area contributed by atoms with Gasteiger partial charge in [0.05, 0.1) is 5.69 Å². The number of amides is 1. The molecule has 0 aliphatic carbocycles. The van der Waals surface area contributed by atoms with E-state index in [1.54, 1.807) is 18.5 Å². The van der Waals surface area contributed by atoms with Crippen LogP contribution in [-0.4, -0.2) is 29.0 Å². The van der Waals surface area contributed by atoms with Crippen LogP contribution in [0, 0.1) is 0 Å². The number of aromatic amines is 1. The molecule has 1 saturated heterocycles. The van der Waals surface area contributed by atoms with E-state index in [1.807, 2.05) is 18.2 Å². The van der Waals surface area contributed by atoms with Crippen LogP contribution in [-0.2, 0) is 0 Å². The predicted octanol–water partition coefficient (Wildman–Crippen LogP) is 2.65. The Labute approximate surface area is 118 Å². The fourth-order valence-corrected chi connectivity index (χ4v) is 2.51. The number of carbonyl (C=O) groups is 1. The monoisotopic (exact) mass is 270 g/mol. The molecule has 1 amide bonds. The van der Waals surface area contributed by atoms with Crippen LogP contribution < -0.4 is 10.2 Å². The molecule has 5 nitrogen and oxygen atoms in total. The Balaban J connectivity index is 1.80. The SMILES string of the molecule is O=C(Nc1cccnc1N1CCCCC1)c1ccc[nH]1. The highest BCUT2D eigenvalue weighted by atomic mass is 16.1. The zero-order valence-electron chi connectivity index (χ0n) is 11.3. The van der Waals surface area contributed by atoms with E-state index < -0.39 is 0 Å². The number of anilines is 2. The van der Waals surface area contributed by atoms with Crippen LogP contribution in [0.2, 0.25) is 0 Å². The number of piperidine rings is 1. The first-order chi connectivity index (χ1) is 9.84. The number of hydrogen-bond acceptors (Lipinski definition) is 3. The second-order valence-electron chi connectivity index (χ2n) is 4.96. The fourth-order valence-electron chi connectivity index (χ4n) is 2.51. The van der Waals surface area contributed by atoms with Crippen LogP contribution in [0.1, 0.15) is 29.8 Å². The van der Waals surface area contributed by atoms with Crippen molar-refractivity contribution in [3.63, 3.8) is 0 Å². The number of hydrogen-bond donors (Lipinski definition) is 2. The third-order valence-corrected chi connectivity index (χ3v) is 3.53. The molecular formula is C15H18N4O. The van der Waals surface area contributed by atoms with Crippen LogP contribution in [0.3, 0.4) is 0 Å². The minimum Gasteiger partial charge on any atom is -0.357 e. The maximum atomic E-state index is 12.1. The lowest BCUT2D eigenvalue weighted by atomic mass is 10.1. The van der Waals surface area contributed by atoms with Crippen LogP contribution >= 0.6 is 0 Å². The standard InChI is InChI=1S/C15H18N4O/c20-15(13-7-5-8-16-13)18-12-6-4-9-17-14(12)19-10-2-1-3-11-19/h4-9,16H,1-3,10-11H2,(H,18,20). The molecule has 0 spiro atoms. The van der Waals surface area contributed by atoms with E-state index in [0.717, 1.165) is 24.6 Å². The Hall–Kier alpha value is -2.30. The minimum absolute atomic E-state index is 0.138. The summed E-state index contributed by atoms with van der Waals surface area (Å²) in [5, 5.41) is 2.94. The topological polar surface area (TPSA) is 61.0 Å². The highest BCUT2D eigenvalue weighted by molar-refractivity contribution is 6.04. The molecule has 1 fully saturated rings. The zero-order valence-corrected chi connectivity index (χ0v) is 11.3. The lowest BCUT2D eigenvalue weighted by Crippen LogP contribution is -2.31. The minimum atomic E-state index is -0.138. The van der Waals surface area contributed by atoms with Crippen molar-refractivity contribution in [1.29, 1.82) is 0 Å². The molecule has 2 aromatic heterocycles. The summed E-state index contributed by atoms with van der Waals surface area (Å²) in [7, 11) is 0. The highest BCUT2D eigenvalue weighted by Gasteiger charge is 2.17. The van der Waals surface area contributed by atoms with Crippen LogP contribution in [0.25, 0.3) is 0 Å². The van der Waals surface area contributed by atoms with Crippen LogP contribution in [0.5, 0.6) is 0 Å². The third-order valence-electron chi connectivity index (χ3n) is 3.53. The maximum absolute atomic E-state index is 12.1. The van der Waals surface area contributed by atoms with Crippen molar-refractivity contribution in [2.75, 3.05) is 23.3 Å². The summed E-state index contributed by atoms with van der Waals surface area (Å²) in [6.07, 6.45) is 7.15. The molecular weight excluding hydrogens is 252 g/mol. The number of H-pyrrole nitrogens is 1. The third kappa shape index (κ3) is 2.66. The van der Waals surface area contributed by atoms with Crippen LogP contribution in [0.15, 0.2) is 36.7 Å². The Morgan fingerprint density at radius 2 is 2.05 bits per heavy atom. The van der Waals surface area contributed by atoms with Gasteiger partial charge in [-0.3, -0.25) is 4.79 Å². The normalized spacial score (nSPS) is 15.1. The maximum Gasteiger partial charge on any atom is 0.272 e. The average Bonchev–Trinajstić information content (AvgIpc) is 3.03. The number of aromatic nitrogens is 2. The second-order valence-corrected chi connectivity index (χ2v) is 4.96. The van der Waals surface area contributed by atoms with E-state index in [4.69, 9.17) is 0 Å². The molecule has 20 heavy (non-hydrogen) atoms. The van der Waals surface area contributed by atoms with Gasteiger partial charge >= 0.3 is 0 Å². The first kappa shape index (κ1) is 12.7. The summed E-state index contributed by atoms with van der Waals surface area (Å²) in [6.45, 7) is 2.00. The molecule has 0 radical (unpaired) electrons. The Kier molecular flexibility index (Phi) is 3.67. The van der Waals surface area contributed by atoms with Gasteiger partial charge in [-0.1, -0.05) is 0 Å². The van der Waals surface area contributed by atoms with Crippen molar-refractivity contribution in [2.45, 2.75) is 19.3 Å². The van der Waals surface area contributed by atoms with Crippen molar-refractivity contribution in [2.24, 2.45) is 0 Å². The van der Waals surface area contributed by atoms with E-state index in [-0.39, 0.29) is 5.91 Å². The van der Waals surface area contributed by atoms with Crippen molar-refractivity contribution >= 4 is 17.4 Å². The molecule has 0 unspecified atom stereocenters. The summed E-state index contributed by atoms with van der Waals surface area (Å²) in [5.74, 6) is 0.730. The van der Waals surface area contributed by atoms with Gasteiger partial charge in [0.2, 0.25) is 0 Å². The van der Waals surface area contributed by atoms with Gasteiger partial charge in [-0.15, -0.1) is 0 Å². The van der Waals surface area contributed by atoms with E-state index in [2.05, 4.69) is 20.2 Å². The molecule has 5 heteroatoms. The Morgan fingerprint density at radius 3 is 2.80 bits per heavy atom. The van der Waals surface area contributed by atoms with Gasteiger partial charge in [0, 0.05) is 25.5 Å². The van der Waals surface area contributed by atoms with E-state index in [9.17, 15) is 4.79 Å². The number of rotatable bonds is 3. The molecule has 0 saturated carbocycles. The Bertz CT molecular complexity index is 573. The van der Waals surface area contributed by atoms with Gasteiger partial charge in [-0.05, 0) is 43.5 Å². The number of nitrogens with one attached hydrogen (secondary N) is 2. The summed E-state index contributed by atoms with van der Waals surface area (Å²) in [4.78, 5) is 21.7. The van der Waals surface area contributed by atoms with Crippen LogP contribution in [0.4, 0.5) is 11.5 Å². The number of carbonyl (C=O) groups excluding carboxylic acids is 1. The van der Waals surface area contributed by atoms with Crippen molar-refractivity contribution in [3.8, 4) is 0 Å². The molecule has 2 N–H and O–H groups in total. The molecule has 0 atom stereocenters. The fraction of sp³-hybridized carbons (Fsp3) is 0.333. The largest absolute Gasteiger partial charge is 0.357 e. The highest BCUT2D eigenvalue weighted by Crippen LogP contribution is 2.26. The smallest absolute Gasteiger partial charge is 0.272 e. The molecule has 104 valence electrons. The van der Waals surface area contributed by atoms with Crippen molar-refractivity contribution < 1.29 is 4.79 Å². The molecule has 3 heterocycles. The van der Waals surface area contributed by atoms with Gasteiger partial charge in [-0.25, -0.2) is 4.98 Å². The molecule has 1 aliphatic heterocycles. The van der Waals surface area contributed by atoms with Gasteiger partial charge < -0.3 is 15.2 Å². The lowest BCUT2D eigenvalue weighted by molar-refractivity contribution is 0.102. The van der Waals surface area contributed by atoms with Crippen molar-refractivity contribution in [3.05, 3.63) is 42.4 Å². The summed E-state index contributed by atoms with van der Waals surface area (Å²) >= 11 is 0. The molecule has 0 aromatic carbocycles. The van der Waals surface area contributed by atoms with E-state index in [0.29, 0.717) is 5.69 Å².